The van der Waals surface area contributed by atoms with E-state index in [-0.39, 0.29) is 11.4 Å². The summed E-state index contributed by atoms with van der Waals surface area (Å²) in [6, 6.07) is 5.02. The van der Waals surface area contributed by atoms with Crippen molar-refractivity contribution in [3.8, 4) is 5.75 Å². The first kappa shape index (κ1) is 10.8. The lowest BCUT2D eigenvalue weighted by Gasteiger charge is -2.36. The SMILES string of the molecule is Fc1cccc2c1NCCC1(CCNCC1)O2. The first-order chi connectivity index (χ1) is 8.29. The molecule has 3 rings (SSSR count). The summed E-state index contributed by atoms with van der Waals surface area (Å²) in [4.78, 5) is 0. The van der Waals surface area contributed by atoms with Crippen LogP contribution in [0, 0.1) is 5.82 Å². The van der Waals surface area contributed by atoms with Crippen LogP contribution >= 0.6 is 0 Å². The van der Waals surface area contributed by atoms with Gasteiger partial charge >= 0.3 is 0 Å². The summed E-state index contributed by atoms with van der Waals surface area (Å²) < 4.78 is 19.8. The zero-order chi connectivity index (χ0) is 11.7. The minimum absolute atomic E-state index is 0.114. The summed E-state index contributed by atoms with van der Waals surface area (Å²) in [5.41, 5.74) is 0.403. The van der Waals surface area contributed by atoms with E-state index < -0.39 is 0 Å². The zero-order valence-electron chi connectivity index (χ0n) is 9.76. The fourth-order valence-electron chi connectivity index (χ4n) is 2.70. The molecule has 17 heavy (non-hydrogen) atoms. The lowest BCUT2D eigenvalue weighted by molar-refractivity contribution is 0.0354. The van der Waals surface area contributed by atoms with Gasteiger partial charge in [-0.1, -0.05) is 6.07 Å². The molecule has 2 N–H and O–H groups in total. The van der Waals surface area contributed by atoms with E-state index in [0.29, 0.717) is 11.4 Å². The van der Waals surface area contributed by atoms with E-state index in [1.165, 1.54) is 6.07 Å². The maximum absolute atomic E-state index is 13.7. The van der Waals surface area contributed by atoms with Gasteiger partial charge in [-0.25, -0.2) is 4.39 Å². The Kier molecular flexibility index (Phi) is 2.67. The molecule has 2 aliphatic heterocycles. The van der Waals surface area contributed by atoms with Gasteiger partial charge in [-0.05, 0) is 38.1 Å². The minimum atomic E-state index is -0.228. The summed E-state index contributed by atoms with van der Waals surface area (Å²) in [6.45, 7) is 2.73. The van der Waals surface area contributed by atoms with Gasteiger partial charge in [0.1, 0.15) is 22.9 Å². The van der Waals surface area contributed by atoms with Gasteiger partial charge in [-0.2, -0.15) is 0 Å². The summed E-state index contributed by atoms with van der Waals surface area (Å²) in [5.74, 6) is 0.429. The quantitative estimate of drug-likeness (QED) is 0.724. The number of ether oxygens (including phenoxy) is 1. The summed E-state index contributed by atoms with van der Waals surface area (Å²) >= 11 is 0. The average Bonchev–Trinajstić information content (AvgIpc) is 2.51. The third-order valence-corrected chi connectivity index (χ3v) is 3.70. The highest BCUT2D eigenvalue weighted by molar-refractivity contribution is 5.58. The number of fused-ring (bicyclic) bond motifs is 1. The standard InChI is InChI=1S/C13H17FN2O/c14-10-2-1-3-11-12(10)16-9-6-13(17-11)4-7-15-8-5-13/h1-3,15-16H,4-9H2. The first-order valence-corrected chi connectivity index (χ1v) is 6.21. The van der Waals surface area contributed by atoms with Gasteiger partial charge in [-0.15, -0.1) is 0 Å². The molecule has 3 nitrogen and oxygen atoms in total. The van der Waals surface area contributed by atoms with Crippen LogP contribution in [0.5, 0.6) is 5.75 Å². The highest BCUT2D eigenvalue weighted by atomic mass is 19.1. The van der Waals surface area contributed by atoms with Crippen molar-refractivity contribution in [3.05, 3.63) is 24.0 Å². The zero-order valence-corrected chi connectivity index (χ0v) is 9.76. The molecule has 1 aromatic rings. The van der Waals surface area contributed by atoms with E-state index in [4.69, 9.17) is 4.74 Å². The van der Waals surface area contributed by atoms with Crippen LogP contribution in [-0.4, -0.2) is 25.2 Å². The number of rotatable bonds is 0. The molecular formula is C13H17FN2O. The predicted molar refractivity (Wildman–Crippen MR) is 65.0 cm³/mol. The number of piperidine rings is 1. The van der Waals surface area contributed by atoms with E-state index in [9.17, 15) is 4.39 Å². The second kappa shape index (κ2) is 4.18. The number of halogens is 1. The maximum Gasteiger partial charge on any atom is 0.150 e. The molecule has 0 amide bonds. The summed E-state index contributed by atoms with van der Waals surface area (Å²) in [7, 11) is 0. The van der Waals surface area contributed by atoms with E-state index in [0.717, 1.165) is 38.9 Å². The van der Waals surface area contributed by atoms with Crippen LogP contribution in [0.3, 0.4) is 0 Å². The van der Waals surface area contributed by atoms with Gasteiger partial charge in [0.15, 0.2) is 0 Å². The van der Waals surface area contributed by atoms with Crippen molar-refractivity contribution < 1.29 is 9.13 Å². The molecule has 1 spiro atoms. The van der Waals surface area contributed by atoms with E-state index in [1.807, 2.05) is 6.07 Å². The Morgan fingerprint density at radius 3 is 2.71 bits per heavy atom. The number of hydrogen-bond acceptors (Lipinski definition) is 3. The fourth-order valence-corrected chi connectivity index (χ4v) is 2.70. The van der Waals surface area contributed by atoms with E-state index in [1.54, 1.807) is 6.07 Å². The molecule has 1 aromatic carbocycles. The Labute approximate surface area is 100 Å². The minimum Gasteiger partial charge on any atom is -0.485 e. The van der Waals surface area contributed by atoms with Crippen LogP contribution in [0.25, 0.3) is 0 Å². The van der Waals surface area contributed by atoms with Crippen molar-refractivity contribution in [2.75, 3.05) is 25.0 Å². The second-order valence-electron chi connectivity index (χ2n) is 4.82. The number of nitrogens with one attached hydrogen (secondary N) is 2. The highest BCUT2D eigenvalue weighted by Gasteiger charge is 2.36. The Morgan fingerprint density at radius 1 is 1.12 bits per heavy atom. The molecule has 0 bridgehead atoms. The normalized spacial score (nSPS) is 22.2. The molecule has 2 heterocycles. The number of hydrogen-bond donors (Lipinski definition) is 2. The second-order valence-corrected chi connectivity index (χ2v) is 4.82. The van der Waals surface area contributed by atoms with Crippen LogP contribution in [0.4, 0.5) is 10.1 Å². The first-order valence-electron chi connectivity index (χ1n) is 6.21. The van der Waals surface area contributed by atoms with Crippen LogP contribution < -0.4 is 15.4 Å². The van der Waals surface area contributed by atoms with Crippen molar-refractivity contribution in [3.63, 3.8) is 0 Å². The van der Waals surface area contributed by atoms with Gasteiger partial charge < -0.3 is 15.4 Å². The monoisotopic (exact) mass is 236 g/mol. The fraction of sp³-hybridized carbons (Fsp3) is 0.538. The maximum atomic E-state index is 13.7. The highest BCUT2D eigenvalue weighted by Crippen LogP contribution is 2.37. The molecule has 0 saturated carbocycles. The number of para-hydroxylation sites is 1. The third kappa shape index (κ3) is 1.97. The molecule has 0 aliphatic carbocycles. The summed E-state index contributed by atoms with van der Waals surface area (Å²) in [5, 5.41) is 6.48. The van der Waals surface area contributed by atoms with Gasteiger partial charge in [0.05, 0.1) is 0 Å². The van der Waals surface area contributed by atoms with Crippen molar-refractivity contribution in [1.29, 1.82) is 0 Å². The Morgan fingerprint density at radius 2 is 1.88 bits per heavy atom. The van der Waals surface area contributed by atoms with Crippen LogP contribution in [0.2, 0.25) is 0 Å². The van der Waals surface area contributed by atoms with E-state index >= 15 is 0 Å². The van der Waals surface area contributed by atoms with Crippen molar-refractivity contribution in [1.82, 2.24) is 5.32 Å². The lowest BCUT2D eigenvalue weighted by Crippen LogP contribution is -2.46. The molecule has 4 heteroatoms. The lowest BCUT2D eigenvalue weighted by atomic mass is 9.89. The molecule has 0 atom stereocenters. The third-order valence-electron chi connectivity index (χ3n) is 3.70. The molecule has 0 unspecified atom stereocenters. The largest absolute Gasteiger partial charge is 0.485 e. The van der Waals surface area contributed by atoms with Crippen molar-refractivity contribution in [2.45, 2.75) is 24.9 Å². The molecule has 0 aromatic heterocycles. The Balaban J connectivity index is 1.93. The topological polar surface area (TPSA) is 33.3 Å². The van der Waals surface area contributed by atoms with Crippen LogP contribution in [0.1, 0.15) is 19.3 Å². The van der Waals surface area contributed by atoms with Crippen molar-refractivity contribution in [2.24, 2.45) is 0 Å². The van der Waals surface area contributed by atoms with Crippen LogP contribution in [0.15, 0.2) is 18.2 Å². The number of anilines is 1. The smallest absolute Gasteiger partial charge is 0.150 e. The van der Waals surface area contributed by atoms with E-state index in [2.05, 4.69) is 10.6 Å². The molecule has 1 saturated heterocycles. The molecule has 92 valence electrons. The number of benzene rings is 1. The molecule has 0 radical (unpaired) electrons. The van der Waals surface area contributed by atoms with Gasteiger partial charge in [0.25, 0.3) is 0 Å². The Bertz CT molecular complexity index is 416. The average molecular weight is 236 g/mol. The van der Waals surface area contributed by atoms with Gasteiger partial charge in [-0.3, -0.25) is 0 Å². The van der Waals surface area contributed by atoms with Gasteiger partial charge in [0, 0.05) is 13.0 Å². The molecule has 1 fully saturated rings. The van der Waals surface area contributed by atoms with Gasteiger partial charge in [0.2, 0.25) is 0 Å². The molecule has 2 aliphatic rings. The van der Waals surface area contributed by atoms with Crippen molar-refractivity contribution >= 4 is 5.69 Å². The van der Waals surface area contributed by atoms with Crippen LogP contribution in [-0.2, 0) is 0 Å². The Hall–Kier alpha value is -1.29. The predicted octanol–water partition coefficient (Wildman–Crippen LogP) is 2.14. The summed E-state index contributed by atoms with van der Waals surface area (Å²) in [6.07, 6.45) is 2.91. The molecular weight excluding hydrogens is 219 g/mol.